The molecule has 0 radical (unpaired) electrons. The Hall–Kier alpha value is -3.77. The number of nitrogens with two attached hydrogens (primary N) is 1. The number of esters is 1. The second-order valence-corrected chi connectivity index (χ2v) is 8.85. The van der Waals surface area contributed by atoms with Crippen molar-refractivity contribution in [1.29, 1.82) is 5.26 Å². The summed E-state index contributed by atoms with van der Waals surface area (Å²) in [7, 11) is 0. The third kappa shape index (κ3) is 5.84. The topological polar surface area (TPSA) is 124 Å². The SMILES string of the molecule is CCOC(=O)C1=C(C)OC(N)=C(C#N)C1c1ccc(OCC(=O)Nc2c(C)cc(Br)cc2C)cc1. The van der Waals surface area contributed by atoms with E-state index in [1.165, 1.54) is 0 Å². The molecule has 2 aromatic carbocycles. The van der Waals surface area contributed by atoms with Gasteiger partial charge < -0.3 is 25.3 Å². The van der Waals surface area contributed by atoms with E-state index in [4.69, 9.17) is 19.9 Å². The predicted octanol–water partition coefficient (Wildman–Crippen LogP) is 4.73. The fourth-order valence-electron chi connectivity index (χ4n) is 3.88. The minimum atomic E-state index is -0.742. The summed E-state index contributed by atoms with van der Waals surface area (Å²) in [5.74, 6) is -0.940. The number of nitrogens with zero attached hydrogens (tertiary/aromatic N) is 1. The van der Waals surface area contributed by atoms with Crippen molar-refractivity contribution in [3.05, 3.63) is 80.3 Å². The Balaban J connectivity index is 1.76. The van der Waals surface area contributed by atoms with Gasteiger partial charge in [0.15, 0.2) is 6.61 Å². The zero-order valence-electron chi connectivity index (χ0n) is 19.9. The van der Waals surface area contributed by atoms with E-state index in [1.807, 2.05) is 32.0 Å². The minimum Gasteiger partial charge on any atom is -0.484 e. The first-order chi connectivity index (χ1) is 16.7. The number of allylic oxidation sites excluding steroid dienone is 2. The fourth-order valence-corrected chi connectivity index (χ4v) is 4.56. The second-order valence-electron chi connectivity index (χ2n) is 7.94. The molecule has 0 aromatic heterocycles. The molecule has 35 heavy (non-hydrogen) atoms. The van der Waals surface area contributed by atoms with Crippen LogP contribution in [0, 0.1) is 25.2 Å². The minimum absolute atomic E-state index is 0.0569. The highest BCUT2D eigenvalue weighted by Gasteiger charge is 2.36. The lowest BCUT2D eigenvalue weighted by molar-refractivity contribution is -0.139. The summed E-state index contributed by atoms with van der Waals surface area (Å²) in [5.41, 5.74) is 9.51. The van der Waals surface area contributed by atoms with Crippen LogP contribution in [0.5, 0.6) is 5.75 Å². The first-order valence-electron chi connectivity index (χ1n) is 10.9. The van der Waals surface area contributed by atoms with Crippen LogP contribution in [0.15, 0.2) is 63.7 Å². The zero-order chi connectivity index (χ0) is 25.7. The Morgan fingerprint density at radius 2 is 1.80 bits per heavy atom. The van der Waals surface area contributed by atoms with Gasteiger partial charge in [0.2, 0.25) is 5.88 Å². The van der Waals surface area contributed by atoms with E-state index >= 15 is 0 Å². The molecule has 8 nitrogen and oxygen atoms in total. The lowest BCUT2D eigenvalue weighted by Crippen LogP contribution is -2.25. The standard InChI is InChI=1S/C26H26BrN3O5/c1-5-33-26(32)22-16(4)35-25(29)20(12-28)23(22)17-6-8-19(9-7-17)34-13-21(31)30-24-14(2)10-18(27)11-15(24)3/h6-11,23H,5,13,29H2,1-4H3,(H,30,31). The monoisotopic (exact) mass is 539 g/mol. The maximum absolute atomic E-state index is 12.6. The Bertz CT molecular complexity index is 1240. The van der Waals surface area contributed by atoms with Gasteiger partial charge in [0, 0.05) is 10.2 Å². The number of hydrogen-bond acceptors (Lipinski definition) is 7. The number of carbonyl (C=O) groups excluding carboxylic acids is 2. The van der Waals surface area contributed by atoms with Crippen LogP contribution in [0.2, 0.25) is 0 Å². The van der Waals surface area contributed by atoms with Crippen LogP contribution in [0.25, 0.3) is 0 Å². The molecule has 0 saturated heterocycles. The van der Waals surface area contributed by atoms with Gasteiger partial charge in [-0.25, -0.2) is 4.79 Å². The van der Waals surface area contributed by atoms with Crippen molar-refractivity contribution in [2.45, 2.75) is 33.6 Å². The molecule has 1 aliphatic rings. The van der Waals surface area contributed by atoms with E-state index in [2.05, 4.69) is 21.2 Å². The van der Waals surface area contributed by atoms with Crippen molar-refractivity contribution < 1.29 is 23.8 Å². The molecular formula is C26H26BrN3O5. The second kappa shape index (κ2) is 11.1. The van der Waals surface area contributed by atoms with Crippen LogP contribution >= 0.6 is 15.9 Å². The van der Waals surface area contributed by atoms with Crippen LogP contribution in [-0.4, -0.2) is 25.1 Å². The number of nitriles is 1. The number of ether oxygens (including phenoxy) is 3. The molecule has 1 heterocycles. The summed E-state index contributed by atoms with van der Waals surface area (Å²) >= 11 is 3.44. The molecule has 1 aliphatic heterocycles. The number of hydrogen-bond donors (Lipinski definition) is 2. The van der Waals surface area contributed by atoms with E-state index in [0.29, 0.717) is 11.3 Å². The zero-order valence-corrected chi connectivity index (χ0v) is 21.5. The maximum Gasteiger partial charge on any atom is 0.338 e. The average Bonchev–Trinajstić information content (AvgIpc) is 2.80. The molecule has 1 unspecified atom stereocenters. The first kappa shape index (κ1) is 25.8. The Morgan fingerprint density at radius 3 is 2.37 bits per heavy atom. The van der Waals surface area contributed by atoms with Gasteiger partial charge in [-0.1, -0.05) is 28.1 Å². The molecule has 3 N–H and O–H groups in total. The Morgan fingerprint density at radius 1 is 1.17 bits per heavy atom. The molecule has 0 aliphatic carbocycles. The van der Waals surface area contributed by atoms with Gasteiger partial charge in [-0.2, -0.15) is 5.26 Å². The maximum atomic E-state index is 12.6. The summed E-state index contributed by atoms with van der Waals surface area (Å²) in [6.07, 6.45) is 0. The number of benzene rings is 2. The van der Waals surface area contributed by atoms with Crippen molar-refractivity contribution >= 4 is 33.5 Å². The van der Waals surface area contributed by atoms with E-state index in [0.717, 1.165) is 21.3 Å². The van der Waals surface area contributed by atoms with Gasteiger partial charge in [0.25, 0.3) is 5.91 Å². The quantitative estimate of drug-likeness (QED) is 0.487. The molecule has 0 spiro atoms. The lowest BCUT2D eigenvalue weighted by Gasteiger charge is -2.26. The molecule has 9 heteroatoms. The normalized spacial score (nSPS) is 15.3. The number of aryl methyl sites for hydroxylation is 2. The summed E-state index contributed by atoms with van der Waals surface area (Å²) in [6, 6.07) is 12.6. The Labute approximate surface area is 212 Å². The number of anilines is 1. The molecule has 0 saturated carbocycles. The van der Waals surface area contributed by atoms with E-state index in [-0.39, 0.29) is 41.9 Å². The molecule has 0 fully saturated rings. The van der Waals surface area contributed by atoms with Crippen LogP contribution < -0.4 is 15.8 Å². The third-order valence-electron chi connectivity index (χ3n) is 5.45. The molecule has 3 rings (SSSR count). The van der Waals surface area contributed by atoms with Gasteiger partial charge in [0.05, 0.1) is 18.1 Å². The highest BCUT2D eigenvalue weighted by Crippen LogP contribution is 2.40. The number of rotatable bonds is 7. The van der Waals surface area contributed by atoms with Gasteiger partial charge in [-0.15, -0.1) is 0 Å². The van der Waals surface area contributed by atoms with Crippen molar-refractivity contribution in [2.75, 3.05) is 18.5 Å². The van der Waals surface area contributed by atoms with E-state index in [1.54, 1.807) is 38.1 Å². The van der Waals surface area contributed by atoms with Crippen molar-refractivity contribution in [3.63, 3.8) is 0 Å². The third-order valence-corrected chi connectivity index (χ3v) is 5.90. The summed E-state index contributed by atoms with van der Waals surface area (Å²) < 4.78 is 17.2. The predicted molar refractivity (Wildman–Crippen MR) is 134 cm³/mol. The number of amides is 1. The van der Waals surface area contributed by atoms with Crippen molar-refractivity contribution in [2.24, 2.45) is 5.73 Å². The largest absolute Gasteiger partial charge is 0.484 e. The smallest absolute Gasteiger partial charge is 0.338 e. The van der Waals surface area contributed by atoms with Gasteiger partial charge in [-0.05, 0) is 68.7 Å². The summed E-state index contributed by atoms with van der Waals surface area (Å²) in [5, 5.41) is 12.5. The molecular weight excluding hydrogens is 514 g/mol. The van der Waals surface area contributed by atoms with E-state index in [9.17, 15) is 14.9 Å². The molecule has 182 valence electrons. The Kier molecular flexibility index (Phi) is 8.20. The molecule has 0 bridgehead atoms. The number of halogens is 1. The average molecular weight is 540 g/mol. The first-order valence-corrected chi connectivity index (χ1v) is 11.7. The van der Waals surface area contributed by atoms with Crippen LogP contribution in [0.1, 0.15) is 36.5 Å². The molecule has 1 amide bonds. The molecule has 2 aromatic rings. The number of nitrogens with one attached hydrogen (secondary N) is 1. The highest BCUT2D eigenvalue weighted by atomic mass is 79.9. The van der Waals surface area contributed by atoms with Crippen molar-refractivity contribution in [1.82, 2.24) is 0 Å². The summed E-state index contributed by atoms with van der Waals surface area (Å²) in [6.45, 7) is 7.13. The molecule has 1 atom stereocenters. The van der Waals surface area contributed by atoms with Gasteiger partial charge >= 0.3 is 5.97 Å². The van der Waals surface area contributed by atoms with Crippen LogP contribution in [0.3, 0.4) is 0 Å². The lowest BCUT2D eigenvalue weighted by atomic mass is 9.83. The fraction of sp³-hybridized carbons (Fsp3) is 0.269. The summed E-state index contributed by atoms with van der Waals surface area (Å²) in [4.78, 5) is 25.1. The number of carbonyl (C=O) groups is 2. The van der Waals surface area contributed by atoms with Crippen molar-refractivity contribution in [3.8, 4) is 11.8 Å². The van der Waals surface area contributed by atoms with E-state index < -0.39 is 11.9 Å². The van der Waals surface area contributed by atoms with Crippen LogP contribution in [-0.2, 0) is 19.1 Å². The van der Waals surface area contributed by atoms with Gasteiger partial charge in [-0.3, -0.25) is 4.79 Å². The van der Waals surface area contributed by atoms with Crippen LogP contribution in [0.4, 0.5) is 5.69 Å². The van der Waals surface area contributed by atoms with Gasteiger partial charge in [0.1, 0.15) is 23.2 Å². The highest BCUT2D eigenvalue weighted by molar-refractivity contribution is 9.10.